The van der Waals surface area contributed by atoms with E-state index in [0.717, 1.165) is 38.4 Å². The van der Waals surface area contributed by atoms with Crippen molar-refractivity contribution in [1.29, 1.82) is 0 Å². The maximum Gasteiger partial charge on any atom is 0.111 e. The van der Waals surface area contributed by atoms with E-state index in [2.05, 4.69) is 70.0 Å². The Kier molecular flexibility index (Phi) is 6.01. The van der Waals surface area contributed by atoms with Gasteiger partial charge in [-0.25, -0.2) is 0 Å². The summed E-state index contributed by atoms with van der Waals surface area (Å²) >= 11 is 1.23. The number of piperazine rings is 1. The van der Waals surface area contributed by atoms with Crippen LogP contribution in [0.25, 0.3) is 0 Å². The summed E-state index contributed by atoms with van der Waals surface area (Å²) in [6, 6.07) is 17.4. The van der Waals surface area contributed by atoms with Gasteiger partial charge >= 0.3 is 0 Å². The van der Waals surface area contributed by atoms with E-state index in [1.807, 2.05) is 0 Å². The van der Waals surface area contributed by atoms with Gasteiger partial charge in [-0.15, -0.1) is 0 Å². The van der Waals surface area contributed by atoms with Gasteiger partial charge in [0.1, 0.15) is 12.2 Å². The molecular formula is C19H25N3OS. The van der Waals surface area contributed by atoms with E-state index in [1.54, 1.807) is 7.11 Å². The number of rotatable bonds is 6. The van der Waals surface area contributed by atoms with Crippen LogP contribution in [0, 0.1) is 6.92 Å². The molecule has 1 fully saturated rings. The van der Waals surface area contributed by atoms with Crippen LogP contribution in [0.3, 0.4) is 0 Å². The summed E-state index contributed by atoms with van der Waals surface area (Å²) in [6.45, 7) is 7.56. The van der Waals surface area contributed by atoms with E-state index in [0.29, 0.717) is 0 Å². The van der Waals surface area contributed by atoms with Crippen molar-refractivity contribution in [2.75, 3.05) is 42.9 Å². The number of anilines is 2. The second kappa shape index (κ2) is 8.42. The van der Waals surface area contributed by atoms with Gasteiger partial charge in [0, 0.05) is 44.1 Å². The molecule has 1 N–H and O–H groups in total. The third-order valence-corrected chi connectivity index (χ3v) is 4.82. The summed E-state index contributed by atoms with van der Waals surface area (Å²) < 4.78 is 8.08. The lowest BCUT2D eigenvalue weighted by molar-refractivity contribution is 0.250. The van der Waals surface area contributed by atoms with Crippen LogP contribution in [0.15, 0.2) is 48.5 Å². The number of hydrogen-bond acceptors (Lipinski definition) is 5. The van der Waals surface area contributed by atoms with E-state index < -0.39 is 0 Å². The Morgan fingerprint density at radius 3 is 2.46 bits per heavy atom. The normalized spacial score (nSPS) is 15.5. The molecule has 1 saturated heterocycles. The van der Waals surface area contributed by atoms with Crippen molar-refractivity contribution in [1.82, 2.24) is 4.90 Å². The zero-order chi connectivity index (χ0) is 16.8. The summed E-state index contributed by atoms with van der Waals surface area (Å²) in [5.41, 5.74) is 5.10. The van der Waals surface area contributed by atoms with Crippen LogP contribution in [0.4, 0.5) is 11.4 Å². The number of benzene rings is 2. The van der Waals surface area contributed by atoms with Gasteiger partial charge in [0.15, 0.2) is 0 Å². The molecule has 0 spiro atoms. The molecule has 0 bridgehead atoms. The Labute approximate surface area is 149 Å². The SMILES string of the molecule is COSNc1ccc(N2CCN(Cc3cccc(C)c3)CC2)cc1. The highest BCUT2D eigenvalue weighted by Crippen LogP contribution is 2.21. The van der Waals surface area contributed by atoms with E-state index in [-0.39, 0.29) is 0 Å². The molecule has 0 saturated carbocycles. The Morgan fingerprint density at radius 1 is 1.04 bits per heavy atom. The van der Waals surface area contributed by atoms with Gasteiger partial charge in [0.2, 0.25) is 0 Å². The van der Waals surface area contributed by atoms with Crippen molar-refractivity contribution >= 4 is 23.6 Å². The van der Waals surface area contributed by atoms with E-state index in [1.165, 1.54) is 29.0 Å². The highest BCUT2D eigenvalue weighted by molar-refractivity contribution is 7.95. The molecule has 1 aliphatic rings. The second-order valence-corrected chi connectivity index (χ2v) is 6.86. The minimum absolute atomic E-state index is 1.05. The van der Waals surface area contributed by atoms with Gasteiger partial charge in [-0.05, 0) is 36.8 Å². The van der Waals surface area contributed by atoms with Crippen molar-refractivity contribution in [2.24, 2.45) is 0 Å². The largest absolute Gasteiger partial charge is 0.369 e. The number of nitrogens with zero attached hydrogens (tertiary/aromatic N) is 2. The number of hydrogen-bond donors (Lipinski definition) is 1. The van der Waals surface area contributed by atoms with E-state index >= 15 is 0 Å². The molecule has 2 aromatic carbocycles. The summed E-state index contributed by atoms with van der Waals surface area (Å²) in [5, 5.41) is 0. The lowest BCUT2D eigenvalue weighted by Gasteiger charge is -2.36. The standard InChI is InChI=1S/C19H25N3OS/c1-16-4-3-5-17(14-16)15-21-10-12-22(13-11-21)19-8-6-18(7-9-19)20-24-23-2/h3-9,14,20H,10-13,15H2,1-2H3. The van der Waals surface area contributed by atoms with Crippen LogP contribution in [-0.4, -0.2) is 38.2 Å². The van der Waals surface area contributed by atoms with Crippen LogP contribution in [0.2, 0.25) is 0 Å². The predicted octanol–water partition coefficient (Wildman–Crippen LogP) is 3.94. The Balaban J connectivity index is 1.51. The summed E-state index contributed by atoms with van der Waals surface area (Å²) in [6.07, 6.45) is 0. The number of aryl methyl sites for hydroxylation is 1. The smallest absolute Gasteiger partial charge is 0.111 e. The molecule has 0 aliphatic carbocycles. The van der Waals surface area contributed by atoms with Gasteiger partial charge in [-0.2, -0.15) is 0 Å². The first-order valence-corrected chi connectivity index (χ1v) is 9.07. The second-order valence-electron chi connectivity index (χ2n) is 6.15. The fraction of sp³-hybridized carbons (Fsp3) is 0.368. The molecule has 2 aromatic rings. The van der Waals surface area contributed by atoms with Crippen LogP contribution in [0.1, 0.15) is 11.1 Å². The topological polar surface area (TPSA) is 27.7 Å². The minimum Gasteiger partial charge on any atom is -0.369 e. The third-order valence-electron chi connectivity index (χ3n) is 4.34. The minimum atomic E-state index is 1.05. The fourth-order valence-electron chi connectivity index (χ4n) is 3.06. The quantitative estimate of drug-likeness (QED) is 0.633. The zero-order valence-corrected chi connectivity index (χ0v) is 15.2. The summed E-state index contributed by atoms with van der Waals surface area (Å²) in [5.74, 6) is 0. The molecule has 24 heavy (non-hydrogen) atoms. The first kappa shape index (κ1) is 17.1. The monoisotopic (exact) mass is 343 g/mol. The van der Waals surface area contributed by atoms with Gasteiger partial charge in [-0.3, -0.25) is 4.90 Å². The summed E-state index contributed by atoms with van der Waals surface area (Å²) in [7, 11) is 1.66. The molecule has 5 heteroatoms. The molecule has 128 valence electrons. The van der Waals surface area contributed by atoms with Crippen LogP contribution in [-0.2, 0) is 10.7 Å². The molecule has 3 rings (SSSR count). The first-order valence-electron chi connectivity index (χ1n) is 8.33. The predicted molar refractivity (Wildman–Crippen MR) is 103 cm³/mol. The molecule has 0 radical (unpaired) electrons. The van der Waals surface area contributed by atoms with Crippen LogP contribution >= 0.6 is 12.2 Å². The number of nitrogens with one attached hydrogen (secondary N) is 1. The van der Waals surface area contributed by atoms with Gasteiger partial charge in [-0.1, -0.05) is 29.8 Å². The van der Waals surface area contributed by atoms with E-state index in [9.17, 15) is 0 Å². The average molecular weight is 343 g/mol. The molecule has 0 unspecified atom stereocenters. The Bertz CT molecular complexity index is 639. The third kappa shape index (κ3) is 4.66. The zero-order valence-electron chi connectivity index (χ0n) is 14.4. The molecule has 1 heterocycles. The van der Waals surface area contributed by atoms with Gasteiger partial charge in [0.25, 0.3) is 0 Å². The maximum absolute atomic E-state index is 4.95. The van der Waals surface area contributed by atoms with Crippen molar-refractivity contribution in [3.8, 4) is 0 Å². The van der Waals surface area contributed by atoms with Gasteiger partial charge < -0.3 is 13.8 Å². The molecule has 4 nitrogen and oxygen atoms in total. The van der Waals surface area contributed by atoms with Crippen molar-refractivity contribution < 1.29 is 4.18 Å². The molecule has 1 aliphatic heterocycles. The van der Waals surface area contributed by atoms with E-state index in [4.69, 9.17) is 4.18 Å². The molecule has 0 amide bonds. The van der Waals surface area contributed by atoms with Crippen molar-refractivity contribution in [3.63, 3.8) is 0 Å². The molecule has 0 atom stereocenters. The Morgan fingerprint density at radius 2 is 1.79 bits per heavy atom. The van der Waals surface area contributed by atoms with Crippen LogP contribution in [0.5, 0.6) is 0 Å². The van der Waals surface area contributed by atoms with Crippen molar-refractivity contribution in [3.05, 3.63) is 59.7 Å². The highest BCUT2D eigenvalue weighted by Gasteiger charge is 2.17. The highest BCUT2D eigenvalue weighted by atomic mass is 32.2. The van der Waals surface area contributed by atoms with Crippen molar-refractivity contribution in [2.45, 2.75) is 13.5 Å². The van der Waals surface area contributed by atoms with Gasteiger partial charge in [0.05, 0.1) is 7.11 Å². The Hall–Kier alpha value is -1.69. The fourth-order valence-corrected chi connectivity index (χ4v) is 3.38. The molecule has 0 aromatic heterocycles. The summed E-state index contributed by atoms with van der Waals surface area (Å²) in [4.78, 5) is 5.00. The average Bonchev–Trinajstić information content (AvgIpc) is 2.61. The van der Waals surface area contributed by atoms with Crippen LogP contribution < -0.4 is 9.62 Å². The lowest BCUT2D eigenvalue weighted by Crippen LogP contribution is -2.45. The maximum atomic E-state index is 4.95. The molecular weight excluding hydrogens is 318 g/mol. The first-order chi connectivity index (χ1) is 11.7. The lowest BCUT2D eigenvalue weighted by atomic mass is 10.1.